The van der Waals surface area contributed by atoms with E-state index in [9.17, 15) is 4.80 Å². The zero-order chi connectivity index (χ0) is 15.7. The first-order valence-corrected chi connectivity index (χ1v) is 9.52. The van der Waals surface area contributed by atoms with Crippen LogP contribution in [0.4, 0.5) is 0 Å². The number of aliphatic hydroxyl groups excluding tert-OH is 1. The van der Waals surface area contributed by atoms with E-state index in [0.29, 0.717) is 19.8 Å². The molecule has 0 saturated heterocycles. The van der Waals surface area contributed by atoms with Gasteiger partial charge < -0.3 is 34.1 Å². The molecule has 9 heteroatoms. The molecule has 0 rings (SSSR count). The van der Waals surface area contributed by atoms with Gasteiger partial charge in [0, 0.05) is 48.1 Å². The Morgan fingerprint density at radius 1 is 0.696 bits per heavy atom. The first-order valence-electron chi connectivity index (χ1n) is 7.85. The van der Waals surface area contributed by atoms with Gasteiger partial charge in [0.1, 0.15) is 0 Å². The van der Waals surface area contributed by atoms with Gasteiger partial charge in [-0.3, -0.25) is 0 Å². The molecule has 0 aliphatic rings. The van der Waals surface area contributed by atoms with Crippen molar-refractivity contribution < 1.29 is 55.9 Å². The summed E-state index contributed by atoms with van der Waals surface area (Å²) in [6, 6.07) is 0. The van der Waals surface area contributed by atoms with E-state index >= 15 is 0 Å². The molecule has 6 N–H and O–H groups in total. The first kappa shape index (κ1) is 34.9. The average molecular weight is 394 g/mol. The Morgan fingerprint density at radius 3 is 1.09 bits per heavy atom. The van der Waals surface area contributed by atoms with Crippen LogP contribution >= 0.6 is 0 Å². The molecule has 0 fully saturated rings. The van der Waals surface area contributed by atoms with E-state index in [-0.39, 0.29) is 39.3 Å². The third kappa shape index (κ3) is 27.8. The standard InChI is InChI=1S/C12H28O4Si.C2H6O.2H2O.Ti/c1-4-7-10-14-17(13,15-11-8-5-2)16-12-9-6-3;1-2-3;;;/h13H,4-12H2,1-3H3;3H,2H2,1H3;2*1H2;. The average Bonchev–Trinajstić information content (AvgIpc) is 2.41. The van der Waals surface area contributed by atoms with Crippen LogP contribution in [-0.2, 0) is 35.0 Å². The van der Waals surface area contributed by atoms with Crippen molar-refractivity contribution in [3.8, 4) is 0 Å². The third-order valence-electron chi connectivity index (χ3n) is 2.35. The predicted molar refractivity (Wildman–Crippen MR) is 90.5 cm³/mol. The van der Waals surface area contributed by atoms with Crippen molar-refractivity contribution in [3.05, 3.63) is 0 Å². The quantitative estimate of drug-likeness (QED) is 0.379. The molecule has 0 atom stereocenters. The van der Waals surface area contributed by atoms with Gasteiger partial charge in [-0.2, -0.15) is 0 Å². The molecule has 0 aliphatic heterocycles. The van der Waals surface area contributed by atoms with Crippen molar-refractivity contribution in [2.75, 3.05) is 26.4 Å². The predicted octanol–water partition coefficient (Wildman–Crippen LogP) is 1.21. The van der Waals surface area contributed by atoms with Crippen LogP contribution in [0.15, 0.2) is 0 Å². The molecule has 144 valence electrons. The molecule has 0 aliphatic carbocycles. The van der Waals surface area contributed by atoms with Crippen LogP contribution in [0.1, 0.15) is 66.2 Å². The number of hydrogen-bond acceptors (Lipinski definition) is 5. The molecule has 0 saturated carbocycles. The number of hydrogen-bond donors (Lipinski definition) is 2. The van der Waals surface area contributed by atoms with E-state index < -0.39 is 9.05 Å². The second-order valence-electron chi connectivity index (χ2n) is 4.45. The fraction of sp³-hybridized carbons (Fsp3) is 1.00. The molecular weight excluding hydrogens is 356 g/mol. The van der Waals surface area contributed by atoms with Crippen molar-refractivity contribution in [1.29, 1.82) is 0 Å². The summed E-state index contributed by atoms with van der Waals surface area (Å²) >= 11 is 0. The van der Waals surface area contributed by atoms with E-state index in [1.54, 1.807) is 6.92 Å². The van der Waals surface area contributed by atoms with Gasteiger partial charge in [-0.05, 0) is 26.2 Å². The fourth-order valence-electron chi connectivity index (χ4n) is 1.16. The SMILES string of the molecule is CCCCO[Si](O)(OCCCC)OCCCC.CCO.O.O.[Ti]. The molecular formula is C14H38O7SiTi. The van der Waals surface area contributed by atoms with Crippen LogP contribution in [0.5, 0.6) is 0 Å². The Kier molecular flexibility index (Phi) is 41.7. The molecule has 0 heterocycles. The smallest absolute Gasteiger partial charge is 0.412 e. The number of unbranched alkanes of at least 4 members (excludes halogenated alkanes) is 3. The summed E-state index contributed by atoms with van der Waals surface area (Å²) in [7, 11) is -3.36. The van der Waals surface area contributed by atoms with Crippen molar-refractivity contribution in [2.24, 2.45) is 0 Å². The maximum absolute atomic E-state index is 10.2. The molecule has 0 bridgehead atoms. The van der Waals surface area contributed by atoms with Gasteiger partial charge in [-0.25, -0.2) is 0 Å². The van der Waals surface area contributed by atoms with Gasteiger partial charge in [0.2, 0.25) is 0 Å². The summed E-state index contributed by atoms with van der Waals surface area (Å²) in [5.41, 5.74) is 0. The molecule has 0 amide bonds. The van der Waals surface area contributed by atoms with Crippen molar-refractivity contribution in [3.63, 3.8) is 0 Å². The Bertz CT molecular complexity index is 164. The third-order valence-corrected chi connectivity index (χ3v) is 4.05. The largest absolute Gasteiger partial charge is 0.676 e. The monoisotopic (exact) mass is 394 g/mol. The van der Waals surface area contributed by atoms with Crippen LogP contribution in [0, 0.1) is 0 Å². The van der Waals surface area contributed by atoms with Crippen LogP contribution in [0.2, 0.25) is 0 Å². The molecule has 0 unspecified atom stereocenters. The maximum Gasteiger partial charge on any atom is 0.676 e. The molecule has 0 spiro atoms. The fourth-order valence-corrected chi connectivity index (χ4v) is 2.62. The summed E-state index contributed by atoms with van der Waals surface area (Å²) in [6.45, 7) is 9.71. The van der Waals surface area contributed by atoms with E-state index in [2.05, 4.69) is 20.8 Å². The zero-order valence-corrected chi connectivity index (χ0v) is 17.8. The minimum absolute atomic E-state index is 0. The summed E-state index contributed by atoms with van der Waals surface area (Å²) in [5, 5.41) is 7.57. The van der Waals surface area contributed by atoms with Crippen LogP contribution < -0.4 is 0 Å². The number of rotatable bonds is 12. The maximum atomic E-state index is 10.2. The summed E-state index contributed by atoms with van der Waals surface area (Å²) in [4.78, 5) is 10.2. The topological polar surface area (TPSA) is 131 Å². The van der Waals surface area contributed by atoms with Gasteiger partial charge in [0.15, 0.2) is 0 Å². The summed E-state index contributed by atoms with van der Waals surface area (Å²) < 4.78 is 16.2. The van der Waals surface area contributed by atoms with E-state index in [1.165, 1.54) is 0 Å². The Hall–Kier alpha value is 0.651. The molecule has 0 radical (unpaired) electrons. The van der Waals surface area contributed by atoms with E-state index in [1.807, 2.05) is 0 Å². The Morgan fingerprint density at radius 2 is 0.913 bits per heavy atom. The van der Waals surface area contributed by atoms with Crippen LogP contribution in [0.25, 0.3) is 0 Å². The van der Waals surface area contributed by atoms with Crippen molar-refractivity contribution >= 4 is 9.05 Å². The molecule has 7 nitrogen and oxygen atoms in total. The van der Waals surface area contributed by atoms with Gasteiger partial charge in [-0.1, -0.05) is 40.0 Å². The van der Waals surface area contributed by atoms with Crippen LogP contribution in [-0.4, -0.2) is 56.3 Å². The molecule has 0 aromatic rings. The van der Waals surface area contributed by atoms with Crippen molar-refractivity contribution in [1.82, 2.24) is 0 Å². The zero-order valence-electron chi connectivity index (χ0n) is 15.2. The number of aliphatic hydroxyl groups is 1. The normalized spacial score (nSPS) is 9.65. The summed E-state index contributed by atoms with van der Waals surface area (Å²) in [6.07, 6.45) is 5.87. The van der Waals surface area contributed by atoms with Gasteiger partial charge in [-0.15, -0.1) is 0 Å². The van der Waals surface area contributed by atoms with E-state index in [4.69, 9.17) is 18.4 Å². The second-order valence-corrected chi connectivity index (χ2v) is 6.36. The van der Waals surface area contributed by atoms with Crippen molar-refractivity contribution in [2.45, 2.75) is 66.2 Å². The summed E-state index contributed by atoms with van der Waals surface area (Å²) in [5.74, 6) is 0. The van der Waals surface area contributed by atoms with E-state index in [0.717, 1.165) is 38.5 Å². The molecule has 0 aromatic carbocycles. The molecule has 23 heavy (non-hydrogen) atoms. The van der Waals surface area contributed by atoms with Crippen LogP contribution in [0.3, 0.4) is 0 Å². The Balaban J connectivity index is -0.000000166. The van der Waals surface area contributed by atoms with Gasteiger partial charge in [0.05, 0.1) is 0 Å². The van der Waals surface area contributed by atoms with Gasteiger partial charge >= 0.3 is 9.05 Å². The minimum Gasteiger partial charge on any atom is -0.412 e. The molecule has 0 aromatic heterocycles. The van der Waals surface area contributed by atoms with Gasteiger partial charge in [0.25, 0.3) is 0 Å². The second kappa shape index (κ2) is 27.5. The Labute approximate surface area is 157 Å². The minimum atomic E-state index is -3.36. The first-order chi connectivity index (χ1) is 9.60.